The summed E-state index contributed by atoms with van der Waals surface area (Å²) < 4.78 is 5.27. The Kier molecular flexibility index (Phi) is 9.68. The van der Waals surface area contributed by atoms with Crippen LogP contribution in [0.15, 0.2) is 54.6 Å². The standard InChI is InChI=1S/C25H34N4O3/c26-13-17-32-18-15-28-25(31)23-7-4-16-29(23)24(30)12-14-27-19-20-8-10-22(11-9-20)21-5-2-1-3-6-21/h1-3,5-6,8-11,23,27H,4,7,12-19,26H2,(H,28,31)/t23-/m0/s1. The topological polar surface area (TPSA) is 96.7 Å². The van der Waals surface area contributed by atoms with Gasteiger partial charge in [-0.3, -0.25) is 9.59 Å². The van der Waals surface area contributed by atoms with Gasteiger partial charge in [0.25, 0.3) is 0 Å². The van der Waals surface area contributed by atoms with E-state index in [4.69, 9.17) is 10.5 Å². The van der Waals surface area contributed by atoms with Crippen LogP contribution in [0.2, 0.25) is 0 Å². The number of nitrogens with two attached hydrogens (primary N) is 1. The van der Waals surface area contributed by atoms with E-state index < -0.39 is 0 Å². The van der Waals surface area contributed by atoms with Crippen molar-refractivity contribution in [3.8, 4) is 11.1 Å². The zero-order chi connectivity index (χ0) is 22.6. The Labute approximate surface area is 190 Å². The second-order valence-electron chi connectivity index (χ2n) is 7.93. The molecule has 2 aromatic rings. The maximum Gasteiger partial charge on any atom is 0.242 e. The van der Waals surface area contributed by atoms with Gasteiger partial charge in [-0.15, -0.1) is 0 Å². The number of nitrogens with zero attached hydrogens (tertiary/aromatic N) is 1. The van der Waals surface area contributed by atoms with Crippen molar-refractivity contribution < 1.29 is 14.3 Å². The number of nitrogens with one attached hydrogen (secondary N) is 2. The molecule has 0 aromatic heterocycles. The number of benzene rings is 2. The molecule has 172 valence electrons. The molecule has 0 bridgehead atoms. The summed E-state index contributed by atoms with van der Waals surface area (Å²) in [7, 11) is 0. The smallest absolute Gasteiger partial charge is 0.242 e. The minimum Gasteiger partial charge on any atom is -0.378 e. The van der Waals surface area contributed by atoms with Crippen LogP contribution in [-0.2, 0) is 20.9 Å². The van der Waals surface area contributed by atoms with E-state index in [1.54, 1.807) is 4.90 Å². The zero-order valence-corrected chi connectivity index (χ0v) is 18.6. The molecule has 32 heavy (non-hydrogen) atoms. The third kappa shape index (κ3) is 7.15. The zero-order valence-electron chi connectivity index (χ0n) is 18.6. The van der Waals surface area contributed by atoms with Gasteiger partial charge in [-0.05, 0) is 29.5 Å². The van der Waals surface area contributed by atoms with Crippen LogP contribution in [0.5, 0.6) is 0 Å². The van der Waals surface area contributed by atoms with E-state index >= 15 is 0 Å². The summed E-state index contributed by atoms with van der Waals surface area (Å²) in [6.07, 6.45) is 1.95. The minimum atomic E-state index is -0.373. The first kappa shape index (κ1) is 23.9. The maximum atomic E-state index is 12.7. The van der Waals surface area contributed by atoms with Crippen LogP contribution in [0.4, 0.5) is 0 Å². The van der Waals surface area contributed by atoms with Gasteiger partial charge < -0.3 is 26.0 Å². The molecular formula is C25H34N4O3. The molecule has 1 aliphatic heterocycles. The molecule has 3 rings (SSSR count). The largest absolute Gasteiger partial charge is 0.378 e. The lowest BCUT2D eigenvalue weighted by Crippen LogP contribution is -2.47. The molecule has 0 saturated carbocycles. The molecule has 1 aliphatic rings. The van der Waals surface area contributed by atoms with E-state index in [0.29, 0.717) is 58.8 Å². The number of rotatable bonds is 12. The first-order chi connectivity index (χ1) is 15.7. The lowest BCUT2D eigenvalue weighted by molar-refractivity contribution is -0.138. The molecule has 7 nitrogen and oxygen atoms in total. The highest BCUT2D eigenvalue weighted by molar-refractivity contribution is 5.88. The highest BCUT2D eigenvalue weighted by Gasteiger charge is 2.33. The van der Waals surface area contributed by atoms with Crippen LogP contribution in [0.3, 0.4) is 0 Å². The van der Waals surface area contributed by atoms with Crippen LogP contribution in [-0.4, -0.2) is 62.1 Å². The van der Waals surface area contributed by atoms with Crippen LogP contribution < -0.4 is 16.4 Å². The first-order valence-corrected chi connectivity index (χ1v) is 11.4. The molecule has 7 heteroatoms. The quantitative estimate of drug-likeness (QED) is 0.440. The van der Waals surface area contributed by atoms with Crippen molar-refractivity contribution in [2.24, 2.45) is 5.73 Å². The van der Waals surface area contributed by atoms with Crippen molar-refractivity contribution in [2.75, 3.05) is 39.4 Å². The SMILES string of the molecule is NCCOCCNC(=O)[C@@H]1CCCN1C(=O)CCNCc1ccc(-c2ccccc2)cc1. The molecule has 4 N–H and O–H groups in total. The molecule has 1 atom stereocenters. The fraction of sp³-hybridized carbons (Fsp3) is 0.440. The third-order valence-electron chi connectivity index (χ3n) is 5.59. The molecule has 2 amide bonds. The lowest BCUT2D eigenvalue weighted by atomic mass is 10.0. The first-order valence-electron chi connectivity index (χ1n) is 11.4. The van der Waals surface area contributed by atoms with Crippen molar-refractivity contribution in [3.05, 3.63) is 60.2 Å². The fourth-order valence-corrected chi connectivity index (χ4v) is 3.90. The van der Waals surface area contributed by atoms with E-state index in [2.05, 4.69) is 47.0 Å². The maximum absolute atomic E-state index is 12.7. The van der Waals surface area contributed by atoms with Crippen molar-refractivity contribution in [2.45, 2.75) is 31.8 Å². The van der Waals surface area contributed by atoms with Crippen molar-refractivity contribution in [1.29, 1.82) is 0 Å². The van der Waals surface area contributed by atoms with Gasteiger partial charge >= 0.3 is 0 Å². The second kappa shape index (κ2) is 13.0. The number of hydrogen-bond acceptors (Lipinski definition) is 5. The molecule has 0 radical (unpaired) electrons. The second-order valence-corrected chi connectivity index (χ2v) is 7.93. The van der Waals surface area contributed by atoms with E-state index in [9.17, 15) is 9.59 Å². The summed E-state index contributed by atoms with van der Waals surface area (Å²) in [5, 5.41) is 6.20. The van der Waals surface area contributed by atoms with E-state index in [0.717, 1.165) is 6.42 Å². The monoisotopic (exact) mass is 438 g/mol. The average molecular weight is 439 g/mol. The molecule has 1 fully saturated rings. The normalized spacial score (nSPS) is 15.7. The van der Waals surface area contributed by atoms with Gasteiger partial charge in [0.1, 0.15) is 6.04 Å². The molecule has 0 unspecified atom stereocenters. The predicted octanol–water partition coefficient (Wildman–Crippen LogP) is 1.92. The van der Waals surface area contributed by atoms with Gasteiger partial charge in [0.15, 0.2) is 0 Å². The summed E-state index contributed by atoms with van der Waals surface area (Å²) in [5.74, 6) is -0.0763. The number of ether oxygens (including phenoxy) is 1. The summed E-state index contributed by atoms with van der Waals surface area (Å²) >= 11 is 0. The Bertz CT molecular complexity index is 842. The number of likely N-dealkylation sites (tertiary alicyclic amines) is 1. The Balaban J connectivity index is 1.37. The molecular weight excluding hydrogens is 404 g/mol. The van der Waals surface area contributed by atoms with Gasteiger partial charge in [0.05, 0.1) is 13.2 Å². The van der Waals surface area contributed by atoms with Gasteiger partial charge in [-0.1, -0.05) is 54.6 Å². The summed E-state index contributed by atoms with van der Waals surface area (Å²) in [5.41, 5.74) is 8.93. The van der Waals surface area contributed by atoms with Gasteiger partial charge in [0.2, 0.25) is 11.8 Å². The molecule has 0 spiro atoms. The van der Waals surface area contributed by atoms with Crippen LogP contribution in [0.1, 0.15) is 24.8 Å². The van der Waals surface area contributed by atoms with Crippen LogP contribution >= 0.6 is 0 Å². The average Bonchev–Trinajstić information content (AvgIpc) is 3.33. The molecule has 1 saturated heterocycles. The van der Waals surface area contributed by atoms with E-state index in [1.165, 1.54) is 16.7 Å². The van der Waals surface area contributed by atoms with Crippen LogP contribution in [0, 0.1) is 0 Å². The van der Waals surface area contributed by atoms with Crippen molar-refractivity contribution in [1.82, 2.24) is 15.5 Å². The van der Waals surface area contributed by atoms with Gasteiger partial charge in [-0.25, -0.2) is 0 Å². The van der Waals surface area contributed by atoms with Crippen LogP contribution in [0.25, 0.3) is 11.1 Å². The molecule has 0 aliphatic carbocycles. The Morgan fingerprint density at radius 2 is 1.75 bits per heavy atom. The summed E-state index contributed by atoms with van der Waals surface area (Å²) in [6, 6.07) is 18.4. The van der Waals surface area contributed by atoms with Crippen molar-refractivity contribution in [3.63, 3.8) is 0 Å². The number of amides is 2. The van der Waals surface area contributed by atoms with Crippen molar-refractivity contribution >= 4 is 11.8 Å². The minimum absolute atomic E-state index is 0.0222. The predicted molar refractivity (Wildman–Crippen MR) is 126 cm³/mol. The highest BCUT2D eigenvalue weighted by atomic mass is 16.5. The fourth-order valence-electron chi connectivity index (χ4n) is 3.90. The number of hydrogen-bond donors (Lipinski definition) is 3. The lowest BCUT2D eigenvalue weighted by Gasteiger charge is -2.24. The highest BCUT2D eigenvalue weighted by Crippen LogP contribution is 2.20. The van der Waals surface area contributed by atoms with Gasteiger partial charge in [-0.2, -0.15) is 0 Å². The van der Waals surface area contributed by atoms with Gasteiger partial charge in [0, 0.05) is 39.1 Å². The summed E-state index contributed by atoms with van der Waals surface area (Å²) in [6.45, 7) is 3.73. The number of carbonyl (C=O) groups is 2. The number of carbonyl (C=O) groups excluding carboxylic acids is 2. The molecule has 1 heterocycles. The van der Waals surface area contributed by atoms with E-state index in [1.807, 2.05) is 18.2 Å². The Hall–Kier alpha value is -2.74. The Morgan fingerprint density at radius 1 is 1.00 bits per heavy atom. The third-order valence-corrected chi connectivity index (χ3v) is 5.59. The summed E-state index contributed by atoms with van der Waals surface area (Å²) in [4.78, 5) is 26.8. The Morgan fingerprint density at radius 3 is 2.50 bits per heavy atom. The molecule has 2 aromatic carbocycles. The van der Waals surface area contributed by atoms with E-state index in [-0.39, 0.29) is 17.9 Å².